The SMILES string of the molecule is O=[N+]([O-])c1ccc(NC2=NC(C(F)(F)F)(C(F)(F)F)/C(=C(\F)C(F)(F)F)S2)nc1. The Balaban J connectivity index is 2.60. The third kappa shape index (κ3) is 4.08. The van der Waals surface area contributed by atoms with Crippen LogP contribution in [0, 0.1) is 10.1 Å². The van der Waals surface area contributed by atoms with E-state index in [4.69, 9.17) is 0 Å². The highest BCUT2D eigenvalue weighted by molar-refractivity contribution is 8.17. The zero-order valence-electron chi connectivity index (χ0n) is 13.1. The minimum absolute atomic E-state index is 0.566. The molecule has 0 atom stereocenters. The van der Waals surface area contributed by atoms with E-state index in [0.717, 1.165) is 12.1 Å². The van der Waals surface area contributed by atoms with Gasteiger partial charge in [0, 0.05) is 6.07 Å². The van der Waals surface area contributed by atoms with Crippen molar-refractivity contribution in [1.29, 1.82) is 0 Å². The van der Waals surface area contributed by atoms with E-state index in [1.807, 2.05) is 0 Å². The normalized spacial score (nSPS) is 19.0. The van der Waals surface area contributed by atoms with Crippen LogP contribution in [0.4, 0.5) is 55.4 Å². The van der Waals surface area contributed by atoms with Crippen LogP contribution in [0.3, 0.4) is 0 Å². The van der Waals surface area contributed by atoms with Crippen LogP contribution in [0.5, 0.6) is 0 Å². The zero-order chi connectivity index (χ0) is 22.4. The lowest BCUT2D eigenvalue weighted by Crippen LogP contribution is -2.55. The molecule has 2 rings (SSSR count). The van der Waals surface area contributed by atoms with Crippen molar-refractivity contribution >= 4 is 28.4 Å². The van der Waals surface area contributed by atoms with Crippen molar-refractivity contribution in [2.45, 2.75) is 24.1 Å². The average molecular weight is 458 g/mol. The lowest BCUT2D eigenvalue weighted by molar-refractivity contribution is -0.385. The first kappa shape index (κ1) is 22.7. The van der Waals surface area contributed by atoms with E-state index in [-0.39, 0.29) is 0 Å². The molecule has 0 spiro atoms. The number of allylic oxidation sites excluding steroid dienone is 1. The molecule has 0 aromatic carbocycles. The molecular weight excluding hydrogens is 454 g/mol. The number of pyridine rings is 1. The van der Waals surface area contributed by atoms with Crippen LogP contribution in [0.2, 0.25) is 0 Å². The summed E-state index contributed by atoms with van der Waals surface area (Å²) in [7, 11) is 0. The van der Waals surface area contributed by atoms with Gasteiger partial charge >= 0.3 is 18.5 Å². The molecule has 0 bridgehead atoms. The highest BCUT2D eigenvalue weighted by Crippen LogP contribution is 2.59. The summed E-state index contributed by atoms with van der Waals surface area (Å²) in [5, 5.41) is 10.8. The van der Waals surface area contributed by atoms with Crippen molar-refractivity contribution in [3.63, 3.8) is 0 Å². The van der Waals surface area contributed by atoms with Gasteiger partial charge in [-0.25, -0.2) is 14.4 Å². The summed E-state index contributed by atoms with van der Waals surface area (Å²) >= 11 is -0.879. The van der Waals surface area contributed by atoms with Crippen molar-refractivity contribution in [1.82, 2.24) is 4.98 Å². The van der Waals surface area contributed by atoms with E-state index >= 15 is 0 Å². The third-order valence-electron chi connectivity index (χ3n) is 3.26. The fourth-order valence-electron chi connectivity index (χ4n) is 2.00. The summed E-state index contributed by atoms with van der Waals surface area (Å²) in [6.07, 6.45) is -18.6. The number of hydrogen-bond acceptors (Lipinski definition) is 6. The molecule has 0 amide bonds. The predicted octanol–water partition coefficient (Wildman–Crippen LogP) is 5.11. The summed E-state index contributed by atoms with van der Waals surface area (Å²) < 4.78 is 131. The fraction of sp³-hybridized carbons (Fsp3) is 0.333. The molecule has 0 saturated carbocycles. The molecule has 0 unspecified atom stereocenters. The smallest absolute Gasteiger partial charge is 0.319 e. The van der Waals surface area contributed by atoms with Crippen LogP contribution in [0.25, 0.3) is 0 Å². The van der Waals surface area contributed by atoms with Gasteiger partial charge in [-0.05, 0) is 6.07 Å². The second kappa shape index (κ2) is 7.03. The van der Waals surface area contributed by atoms with Crippen molar-refractivity contribution in [3.8, 4) is 0 Å². The largest absolute Gasteiger partial charge is 0.443 e. The molecule has 6 nitrogen and oxygen atoms in total. The molecule has 0 aliphatic carbocycles. The van der Waals surface area contributed by atoms with Gasteiger partial charge in [0.2, 0.25) is 5.83 Å². The summed E-state index contributed by atoms with van der Waals surface area (Å²) in [6.45, 7) is 0. The molecule has 0 saturated heterocycles. The molecule has 29 heavy (non-hydrogen) atoms. The number of thioether (sulfide) groups is 1. The van der Waals surface area contributed by atoms with E-state index in [0.29, 0.717) is 6.20 Å². The number of hydrogen-bond donors (Lipinski definition) is 1. The average Bonchev–Trinajstić information content (AvgIpc) is 2.94. The highest BCUT2D eigenvalue weighted by Gasteiger charge is 2.77. The predicted molar refractivity (Wildman–Crippen MR) is 78.6 cm³/mol. The zero-order valence-corrected chi connectivity index (χ0v) is 13.9. The van der Waals surface area contributed by atoms with Crippen LogP contribution < -0.4 is 5.32 Å². The van der Waals surface area contributed by atoms with Gasteiger partial charge in [-0.15, -0.1) is 0 Å². The number of aliphatic imine (C=N–C) groups is 1. The number of nitrogens with one attached hydrogen (secondary N) is 1. The maximum atomic E-state index is 13.6. The fourth-order valence-corrected chi connectivity index (χ4v) is 3.17. The number of nitrogens with zero attached hydrogens (tertiary/aromatic N) is 3. The van der Waals surface area contributed by atoms with Crippen LogP contribution in [-0.2, 0) is 0 Å². The summed E-state index contributed by atoms with van der Waals surface area (Å²) in [5.41, 5.74) is -6.10. The van der Waals surface area contributed by atoms with Crippen molar-refractivity contribution in [2.75, 3.05) is 5.32 Å². The highest BCUT2D eigenvalue weighted by atomic mass is 32.2. The first-order valence-corrected chi connectivity index (χ1v) is 7.58. The Morgan fingerprint density at radius 3 is 2.00 bits per heavy atom. The topological polar surface area (TPSA) is 80.4 Å². The number of aromatic nitrogens is 1. The van der Waals surface area contributed by atoms with Gasteiger partial charge in [0.05, 0.1) is 9.83 Å². The molecule has 0 radical (unpaired) electrons. The Morgan fingerprint density at radius 1 is 1.07 bits per heavy atom. The summed E-state index contributed by atoms with van der Waals surface area (Å²) in [6, 6.07) is 1.50. The first-order valence-electron chi connectivity index (χ1n) is 6.77. The molecule has 160 valence electrons. The van der Waals surface area contributed by atoms with Crippen LogP contribution >= 0.6 is 11.8 Å². The number of anilines is 1. The van der Waals surface area contributed by atoms with Crippen molar-refractivity contribution in [2.24, 2.45) is 4.99 Å². The lowest BCUT2D eigenvalue weighted by Gasteiger charge is -2.31. The van der Waals surface area contributed by atoms with E-state index in [2.05, 4.69) is 9.98 Å². The van der Waals surface area contributed by atoms with E-state index in [9.17, 15) is 54.0 Å². The van der Waals surface area contributed by atoms with Gasteiger partial charge in [-0.3, -0.25) is 10.1 Å². The number of alkyl halides is 9. The third-order valence-corrected chi connectivity index (χ3v) is 4.32. The molecule has 2 heterocycles. The Morgan fingerprint density at radius 2 is 1.62 bits per heavy atom. The molecule has 0 fully saturated rings. The number of amidine groups is 1. The second-order valence-corrected chi connectivity index (χ2v) is 6.15. The Bertz CT molecular complexity index is 859. The van der Waals surface area contributed by atoms with Gasteiger partial charge in [0.1, 0.15) is 12.0 Å². The van der Waals surface area contributed by atoms with Gasteiger partial charge < -0.3 is 5.32 Å². The van der Waals surface area contributed by atoms with Crippen LogP contribution in [0.1, 0.15) is 0 Å². The molecule has 1 aromatic heterocycles. The molecule has 1 aromatic rings. The lowest BCUT2D eigenvalue weighted by atomic mass is 9.97. The molecule has 1 aliphatic rings. The number of nitro groups is 1. The maximum Gasteiger partial charge on any atom is 0.443 e. The van der Waals surface area contributed by atoms with Crippen molar-refractivity contribution in [3.05, 3.63) is 39.2 Å². The van der Waals surface area contributed by atoms with E-state index < -0.39 is 68.2 Å². The van der Waals surface area contributed by atoms with Gasteiger partial charge in [0.25, 0.3) is 11.2 Å². The van der Waals surface area contributed by atoms with Crippen LogP contribution in [0.15, 0.2) is 34.1 Å². The molecule has 17 heteroatoms. The Kier molecular flexibility index (Phi) is 5.50. The standard InChI is InChI=1S/C12H4F10N4O2S/c13-6(10(14,15)16)7-9(11(17,18)19,12(20,21)22)25-8(29-7)24-5-2-1-4(3-23-5)26(27)28/h1-3H,(H,23,24,25)/b7-6+. The monoisotopic (exact) mass is 458 g/mol. The van der Waals surface area contributed by atoms with Gasteiger partial charge in [-0.1, -0.05) is 11.8 Å². The Labute approximate surface area is 156 Å². The second-order valence-electron chi connectivity index (χ2n) is 5.15. The number of halogens is 10. The summed E-state index contributed by atoms with van der Waals surface area (Å²) in [5.74, 6) is -4.21. The minimum Gasteiger partial charge on any atom is -0.319 e. The van der Waals surface area contributed by atoms with Crippen molar-refractivity contribution < 1.29 is 48.8 Å². The molecular formula is C12H4F10N4O2S. The molecule has 1 aliphatic heterocycles. The molecule has 1 N–H and O–H groups in total. The van der Waals surface area contributed by atoms with Gasteiger partial charge in [0.15, 0.2) is 5.17 Å². The first-order chi connectivity index (χ1) is 13.0. The quantitative estimate of drug-likeness (QED) is 0.379. The van der Waals surface area contributed by atoms with E-state index in [1.165, 1.54) is 0 Å². The van der Waals surface area contributed by atoms with E-state index in [1.54, 1.807) is 5.32 Å². The maximum absolute atomic E-state index is 13.6. The minimum atomic E-state index is -6.48. The van der Waals surface area contributed by atoms with Gasteiger partial charge in [-0.2, -0.15) is 39.5 Å². The van der Waals surface area contributed by atoms with Crippen LogP contribution in [-0.4, -0.2) is 39.1 Å². The summed E-state index contributed by atoms with van der Waals surface area (Å²) in [4.78, 5) is 12.4. The Hall–Kier alpha value is -2.59. The number of rotatable bonds is 2.